The molecule has 0 aromatic carbocycles. The summed E-state index contributed by atoms with van der Waals surface area (Å²) in [7, 11) is 0. The lowest BCUT2D eigenvalue weighted by Crippen LogP contribution is -2.53. The highest BCUT2D eigenvalue weighted by Gasteiger charge is 2.59. The highest BCUT2D eigenvalue weighted by atomic mass is 19.4. The van der Waals surface area contributed by atoms with Gasteiger partial charge in [0, 0.05) is 0 Å². The molecule has 0 saturated heterocycles. The minimum absolute atomic E-state index is 0.127. The molecule has 20 heavy (non-hydrogen) atoms. The fraction of sp³-hybridized carbons (Fsp3) is 0.727. The van der Waals surface area contributed by atoms with Gasteiger partial charge in [-0.3, -0.25) is 4.79 Å². The van der Waals surface area contributed by atoms with E-state index < -0.39 is 35.2 Å². The number of aliphatic hydroxyl groups is 1. The number of carbonyl (C=O) groups is 2. The van der Waals surface area contributed by atoms with Crippen LogP contribution in [0.2, 0.25) is 0 Å². The highest BCUT2D eigenvalue weighted by Crippen LogP contribution is 2.38. The fourth-order valence-corrected chi connectivity index (χ4v) is 1.60. The number of esters is 1. The molecule has 0 aliphatic carbocycles. The molecule has 0 aliphatic heterocycles. The second-order valence-corrected chi connectivity index (χ2v) is 4.15. The summed E-state index contributed by atoms with van der Waals surface area (Å²) in [6, 6.07) is 0. The van der Waals surface area contributed by atoms with Crippen molar-refractivity contribution in [3.05, 3.63) is 0 Å². The van der Waals surface area contributed by atoms with Gasteiger partial charge in [-0.1, -0.05) is 6.92 Å². The minimum atomic E-state index is -5.06. The van der Waals surface area contributed by atoms with E-state index in [1.165, 1.54) is 13.8 Å². The van der Waals surface area contributed by atoms with Crippen LogP contribution in [0.15, 0.2) is 0 Å². The third kappa shape index (κ3) is 3.64. The largest absolute Gasteiger partial charge is 0.490 e. The van der Waals surface area contributed by atoms with Gasteiger partial charge in [-0.2, -0.15) is 13.2 Å². The minimum Gasteiger partial charge on any atom is -0.457 e. The lowest BCUT2D eigenvalue weighted by atomic mass is 9.81. The van der Waals surface area contributed by atoms with E-state index in [0.29, 0.717) is 6.92 Å². The van der Waals surface area contributed by atoms with Crippen LogP contribution in [0, 0.1) is 11.4 Å². The highest BCUT2D eigenvalue weighted by molar-refractivity contribution is 6.62. The summed E-state index contributed by atoms with van der Waals surface area (Å²) in [4.78, 5) is 25.9. The SMILES string of the molecule is CCOC(=O)C(=[N+]=N)C(=O)[C@H](CC)[C@@](C)(O)C(F)(F)F. The molecule has 2 N–H and O–H groups in total. The van der Waals surface area contributed by atoms with Crippen molar-refractivity contribution in [2.75, 3.05) is 6.61 Å². The molecule has 9 heteroatoms. The van der Waals surface area contributed by atoms with Gasteiger partial charge >= 0.3 is 17.9 Å². The van der Waals surface area contributed by atoms with Crippen molar-refractivity contribution in [2.24, 2.45) is 5.92 Å². The van der Waals surface area contributed by atoms with Crippen LogP contribution in [0.4, 0.5) is 13.2 Å². The number of nitrogens with zero attached hydrogens (tertiary/aromatic N) is 1. The van der Waals surface area contributed by atoms with Crippen LogP contribution in [-0.4, -0.2) is 45.7 Å². The molecular weight excluding hydrogens is 281 g/mol. The predicted molar refractivity (Wildman–Crippen MR) is 60.1 cm³/mol. The van der Waals surface area contributed by atoms with Crippen molar-refractivity contribution in [2.45, 2.75) is 39.0 Å². The normalized spacial score (nSPS) is 15.8. The Morgan fingerprint density at radius 1 is 1.35 bits per heavy atom. The number of alkyl halides is 3. The Labute approximate surface area is 113 Å². The van der Waals surface area contributed by atoms with Gasteiger partial charge in [0.2, 0.25) is 0 Å². The molecule has 0 amide bonds. The molecule has 6 nitrogen and oxygen atoms in total. The lowest BCUT2D eigenvalue weighted by Gasteiger charge is -2.31. The van der Waals surface area contributed by atoms with Crippen LogP contribution in [0.3, 0.4) is 0 Å². The zero-order chi connectivity index (χ0) is 16.1. The summed E-state index contributed by atoms with van der Waals surface area (Å²) < 4.78 is 42.7. The number of ether oxygens (including phenoxy) is 1. The molecule has 0 unspecified atom stereocenters. The van der Waals surface area contributed by atoms with Crippen LogP contribution in [0.1, 0.15) is 27.2 Å². The molecule has 0 bridgehead atoms. The third-order valence-electron chi connectivity index (χ3n) is 2.79. The molecule has 0 spiro atoms. The van der Waals surface area contributed by atoms with Gasteiger partial charge in [-0.05, 0) is 20.3 Å². The first-order valence-electron chi connectivity index (χ1n) is 5.79. The molecule has 0 aromatic rings. The van der Waals surface area contributed by atoms with E-state index >= 15 is 0 Å². The van der Waals surface area contributed by atoms with Gasteiger partial charge in [0.25, 0.3) is 5.78 Å². The Morgan fingerprint density at radius 2 is 1.85 bits per heavy atom. The summed E-state index contributed by atoms with van der Waals surface area (Å²) in [5.41, 5.74) is 2.33. The van der Waals surface area contributed by atoms with E-state index in [2.05, 4.69) is 9.53 Å². The van der Waals surface area contributed by atoms with E-state index in [9.17, 15) is 27.9 Å². The second-order valence-electron chi connectivity index (χ2n) is 4.15. The quantitative estimate of drug-likeness (QED) is 0.252. The number of nitrogens with one attached hydrogen (secondary N) is 1. The maximum absolute atomic E-state index is 12.7. The number of rotatable bonds is 6. The Bertz CT molecular complexity index is 439. The zero-order valence-electron chi connectivity index (χ0n) is 11.2. The maximum Gasteiger partial charge on any atom is 0.490 e. The molecular formula is C11H16F3N2O4+. The molecule has 2 atom stereocenters. The maximum atomic E-state index is 12.7. The topological polar surface area (TPSA) is 102 Å². The van der Waals surface area contributed by atoms with Crippen LogP contribution in [-0.2, 0) is 14.3 Å². The molecule has 0 saturated carbocycles. The second kappa shape index (κ2) is 6.62. The number of ketones is 1. The average Bonchev–Trinajstić information content (AvgIpc) is 2.29. The summed E-state index contributed by atoms with van der Waals surface area (Å²) in [6.07, 6.45) is -5.45. The van der Waals surface area contributed by atoms with Gasteiger partial charge < -0.3 is 9.84 Å². The number of Topliss-reactive ketones (excluding diaryl/α,β-unsaturated/α-hetero) is 1. The van der Waals surface area contributed by atoms with Crippen LogP contribution in [0.25, 0.3) is 0 Å². The Kier molecular flexibility index (Phi) is 6.05. The smallest absolute Gasteiger partial charge is 0.457 e. The van der Waals surface area contributed by atoms with E-state index in [0.717, 1.165) is 0 Å². The lowest BCUT2D eigenvalue weighted by molar-refractivity contribution is -0.268. The van der Waals surface area contributed by atoms with Crippen molar-refractivity contribution in [1.29, 1.82) is 5.53 Å². The standard InChI is InChI=1S/C11H16F3N2O4/c1-4-6(10(3,19)11(12,13)14)8(17)7(16-15)9(18)20-5-2/h6,15,19H,4-5H2,1-3H3/q+1/t6-,10+/m0/s1. The number of carbonyl (C=O) groups excluding carboxylic acids is 2. The van der Waals surface area contributed by atoms with Crippen molar-refractivity contribution in [1.82, 2.24) is 0 Å². The Hall–Kier alpha value is -1.73. The van der Waals surface area contributed by atoms with Crippen LogP contribution < -0.4 is 0 Å². The molecule has 0 aromatic heterocycles. The molecule has 0 aliphatic rings. The fourth-order valence-electron chi connectivity index (χ4n) is 1.60. The summed E-state index contributed by atoms with van der Waals surface area (Å²) in [6.45, 7) is 2.98. The van der Waals surface area contributed by atoms with Gasteiger partial charge in [0.05, 0.1) is 22.8 Å². The van der Waals surface area contributed by atoms with Crippen molar-refractivity contribution in [3.8, 4) is 0 Å². The van der Waals surface area contributed by atoms with Gasteiger partial charge in [0.15, 0.2) is 5.60 Å². The average molecular weight is 297 g/mol. The number of hydrogen-bond donors (Lipinski definition) is 2. The first-order valence-corrected chi connectivity index (χ1v) is 5.79. The van der Waals surface area contributed by atoms with Crippen molar-refractivity contribution < 1.29 is 37.4 Å². The predicted octanol–water partition coefficient (Wildman–Crippen LogP) is 1.14. The first kappa shape index (κ1) is 18.3. The van der Waals surface area contributed by atoms with Gasteiger partial charge in [0.1, 0.15) is 0 Å². The summed E-state index contributed by atoms with van der Waals surface area (Å²) in [5, 5.41) is 9.52. The molecule has 0 rings (SSSR count). The van der Waals surface area contributed by atoms with Crippen molar-refractivity contribution >= 4 is 17.5 Å². The molecule has 0 heterocycles. The summed E-state index contributed by atoms with van der Waals surface area (Å²) >= 11 is 0. The Balaban J connectivity index is 5.53. The van der Waals surface area contributed by atoms with E-state index in [1.807, 2.05) is 0 Å². The van der Waals surface area contributed by atoms with Crippen molar-refractivity contribution in [3.63, 3.8) is 0 Å². The molecule has 0 radical (unpaired) electrons. The number of hydrogen-bond acceptors (Lipinski definition) is 5. The first-order chi connectivity index (χ1) is 9.04. The van der Waals surface area contributed by atoms with Gasteiger partial charge in [-0.25, -0.2) is 4.79 Å². The third-order valence-corrected chi connectivity index (χ3v) is 2.79. The van der Waals surface area contributed by atoms with E-state index in [4.69, 9.17) is 5.53 Å². The molecule has 0 fully saturated rings. The zero-order valence-corrected chi connectivity index (χ0v) is 11.2. The van der Waals surface area contributed by atoms with Crippen LogP contribution in [0.5, 0.6) is 0 Å². The number of halogens is 3. The monoisotopic (exact) mass is 297 g/mol. The van der Waals surface area contributed by atoms with E-state index in [-0.39, 0.29) is 13.0 Å². The molecule has 114 valence electrons. The Morgan fingerprint density at radius 3 is 2.15 bits per heavy atom. The van der Waals surface area contributed by atoms with E-state index in [1.54, 1.807) is 0 Å². The van der Waals surface area contributed by atoms with Crippen LogP contribution >= 0.6 is 0 Å². The summed E-state index contributed by atoms with van der Waals surface area (Å²) in [5.74, 6) is -4.61. The van der Waals surface area contributed by atoms with Gasteiger partial charge in [-0.15, -0.1) is 0 Å².